The Morgan fingerprint density at radius 2 is 2.14 bits per heavy atom. The fourth-order valence-electron chi connectivity index (χ4n) is 2.68. The van der Waals surface area contributed by atoms with Gasteiger partial charge in [-0.1, -0.05) is 12.1 Å². The van der Waals surface area contributed by atoms with Crippen LogP contribution in [0.5, 0.6) is 0 Å². The van der Waals surface area contributed by atoms with Gasteiger partial charge in [-0.15, -0.1) is 0 Å². The lowest BCUT2D eigenvalue weighted by atomic mass is 9.98. The van der Waals surface area contributed by atoms with Crippen LogP contribution in [0.2, 0.25) is 0 Å². The summed E-state index contributed by atoms with van der Waals surface area (Å²) in [6.45, 7) is 7.23. The number of anilines is 1. The molecule has 1 saturated heterocycles. The van der Waals surface area contributed by atoms with Gasteiger partial charge in [0.05, 0.1) is 12.5 Å². The number of likely N-dealkylation sites (tertiary alicyclic amines) is 1. The number of piperidine rings is 1. The first-order valence-corrected chi connectivity index (χ1v) is 7.81. The van der Waals surface area contributed by atoms with Crippen molar-refractivity contribution in [2.75, 3.05) is 25.0 Å². The number of rotatable bonds is 3. The smallest absolute Gasteiger partial charge is 0.321 e. The van der Waals surface area contributed by atoms with E-state index >= 15 is 0 Å². The third kappa shape index (κ3) is 4.00. The van der Waals surface area contributed by atoms with E-state index in [-0.39, 0.29) is 17.9 Å². The summed E-state index contributed by atoms with van der Waals surface area (Å²) < 4.78 is 5.07. The maximum Gasteiger partial charge on any atom is 0.321 e. The third-order valence-corrected chi connectivity index (χ3v) is 3.96. The third-order valence-electron chi connectivity index (χ3n) is 3.96. The highest BCUT2D eigenvalue weighted by Gasteiger charge is 2.29. The zero-order valence-corrected chi connectivity index (χ0v) is 13.5. The number of ether oxygens (including phenoxy) is 1. The summed E-state index contributed by atoms with van der Waals surface area (Å²) in [7, 11) is 0. The minimum Gasteiger partial charge on any atom is -0.466 e. The lowest BCUT2D eigenvalue weighted by Crippen LogP contribution is -2.44. The molecule has 1 aliphatic rings. The fraction of sp³-hybridized carbons (Fsp3) is 0.529. The summed E-state index contributed by atoms with van der Waals surface area (Å²) in [5.41, 5.74) is 2.95. The lowest BCUT2D eigenvalue weighted by molar-refractivity contribution is -0.149. The number of aryl methyl sites for hydroxylation is 2. The van der Waals surface area contributed by atoms with Crippen LogP contribution in [0.1, 0.15) is 30.9 Å². The molecule has 120 valence electrons. The van der Waals surface area contributed by atoms with E-state index in [1.54, 1.807) is 11.8 Å². The molecule has 0 spiro atoms. The van der Waals surface area contributed by atoms with Gasteiger partial charge in [0, 0.05) is 18.8 Å². The Labute approximate surface area is 131 Å². The minimum absolute atomic E-state index is 0.150. The first-order chi connectivity index (χ1) is 10.5. The van der Waals surface area contributed by atoms with Crippen LogP contribution in [0.25, 0.3) is 0 Å². The zero-order valence-electron chi connectivity index (χ0n) is 13.5. The molecular weight excluding hydrogens is 280 g/mol. The number of urea groups is 1. The van der Waals surface area contributed by atoms with Gasteiger partial charge in [0.1, 0.15) is 0 Å². The van der Waals surface area contributed by atoms with Crippen LogP contribution in [0.3, 0.4) is 0 Å². The summed E-state index contributed by atoms with van der Waals surface area (Å²) in [6.07, 6.45) is 1.61. The number of carbonyl (C=O) groups is 2. The van der Waals surface area contributed by atoms with Gasteiger partial charge in [-0.05, 0) is 50.8 Å². The number of hydrogen-bond donors (Lipinski definition) is 1. The predicted octanol–water partition coefficient (Wildman–Crippen LogP) is 3.11. The van der Waals surface area contributed by atoms with Gasteiger partial charge >= 0.3 is 12.0 Å². The highest BCUT2D eigenvalue weighted by atomic mass is 16.5. The highest BCUT2D eigenvalue weighted by molar-refractivity contribution is 5.90. The number of nitrogens with one attached hydrogen (secondary N) is 1. The number of benzene rings is 1. The average Bonchev–Trinajstić information content (AvgIpc) is 2.51. The minimum atomic E-state index is -0.210. The molecule has 0 aliphatic carbocycles. The van der Waals surface area contributed by atoms with Gasteiger partial charge < -0.3 is 15.0 Å². The number of carbonyl (C=O) groups excluding carboxylic acids is 2. The second-order valence-corrected chi connectivity index (χ2v) is 5.79. The first kappa shape index (κ1) is 16.3. The Hall–Kier alpha value is -2.04. The molecule has 1 aromatic rings. The molecule has 5 nitrogen and oxygen atoms in total. The molecule has 22 heavy (non-hydrogen) atoms. The molecule has 5 heteroatoms. The summed E-state index contributed by atoms with van der Waals surface area (Å²) in [5, 5.41) is 2.95. The van der Waals surface area contributed by atoms with E-state index in [0.29, 0.717) is 19.7 Å². The van der Waals surface area contributed by atoms with Gasteiger partial charge in [0.15, 0.2) is 0 Å². The molecule has 0 saturated carbocycles. The van der Waals surface area contributed by atoms with Crippen LogP contribution in [-0.4, -0.2) is 36.6 Å². The Morgan fingerprint density at radius 1 is 1.36 bits per heavy atom. The molecule has 1 unspecified atom stereocenters. The van der Waals surface area contributed by atoms with E-state index < -0.39 is 0 Å². The van der Waals surface area contributed by atoms with Crippen molar-refractivity contribution in [1.82, 2.24) is 4.90 Å². The van der Waals surface area contributed by atoms with Crippen molar-refractivity contribution in [2.24, 2.45) is 5.92 Å². The lowest BCUT2D eigenvalue weighted by Gasteiger charge is -2.31. The Bertz CT molecular complexity index is 557. The molecule has 1 N–H and O–H groups in total. The number of hydrogen-bond acceptors (Lipinski definition) is 3. The van der Waals surface area contributed by atoms with Crippen molar-refractivity contribution in [2.45, 2.75) is 33.6 Å². The quantitative estimate of drug-likeness (QED) is 0.873. The number of esters is 1. The Kier molecular flexibility index (Phi) is 5.41. The van der Waals surface area contributed by atoms with Crippen molar-refractivity contribution < 1.29 is 14.3 Å². The van der Waals surface area contributed by atoms with E-state index in [2.05, 4.69) is 5.32 Å². The molecule has 0 radical (unpaired) electrons. The maximum absolute atomic E-state index is 12.4. The Balaban J connectivity index is 2.00. The van der Waals surface area contributed by atoms with Crippen LogP contribution in [0.4, 0.5) is 10.5 Å². The number of nitrogens with zero attached hydrogens (tertiary/aromatic N) is 1. The summed E-state index contributed by atoms with van der Waals surface area (Å²) in [6, 6.07) is 5.81. The second kappa shape index (κ2) is 7.29. The molecule has 1 aromatic carbocycles. The second-order valence-electron chi connectivity index (χ2n) is 5.79. The topological polar surface area (TPSA) is 58.6 Å². The zero-order chi connectivity index (χ0) is 16.1. The van der Waals surface area contributed by atoms with Crippen molar-refractivity contribution in [3.05, 3.63) is 29.3 Å². The van der Waals surface area contributed by atoms with Crippen molar-refractivity contribution in [3.63, 3.8) is 0 Å². The summed E-state index contributed by atoms with van der Waals surface area (Å²) in [4.78, 5) is 26.0. The largest absolute Gasteiger partial charge is 0.466 e. The van der Waals surface area contributed by atoms with Crippen LogP contribution in [0, 0.1) is 19.8 Å². The van der Waals surface area contributed by atoms with E-state index in [9.17, 15) is 9.59 Å². The molecule has 1 heterocycles. The standard InChI is InChI=1S/C17H24N2O3/c1-4-22-16(20)14-6-5-9-19(11-14)17(21)18-15-10-12(2)7-8-13(15)3/h7-8,10,14H,4-6,9,11H2,1-3H3,(H,18,21). The average molecular weight is 304 g/mol. The molecule has 0 aromatic heterocycles. The van der Waals surface area contributed by atoms with E-state index in [0.717, 1.165) is 29.7 Å². The van der Waals surface area contributed by atoms with E-state index in [1.807, 2.05) is 32.0 Å². The van der Waals surface area contributed by atoms with E-state index in [1.165, 1.54) is 0 Å². The van der Waals surface area contributed by atoms with Gasteiger partial charge in [0.2, 0.25) is 0 Å². The van der Waals surface area contributed by atoms with Crippen LogP contribution >= 0.6 is 0 Å². The summed E-state index contributed by atoms with van der Waals surface area (Å²) >= 11 is 0. The molecule has 0 bridgehead atoms. The highest BCUT2D eigenvalue weighted by Crippen LogP contribution is 2.21. The van der Waals surface area contributed by atoms with Gasteiger partial charge in [0.25, 0.3) is 0 Å². The Morgan fingerprint density at radius 3 is 2.86 bits per heavy atom. The molecule has 2 amide bonds. The predicted molar refractivity (Wildman–Crippen MR) is 85.9 cm³/mol. The first-order valence-electron chi connectivity index (χ1n) is 7.81. The van der Waals surface area contributed by atoms with Gasteiger partial charge in [-0.2, -0.15) is 0 Å². The van der Waals surface area contributed by atoms with Crippen molar-refractivity contribution in [1.29, 1.82) is 0 Å². The normalized spacial score (nSPS) is 18.0. The molecule has 1 fully saturated rings. The van der Waals surface area contributed by atoms with Crippen molar-refractivity contribution >= 4 is 17.7 Å². The molecular formula is C17H24N2O3. The number of amides is 2. The maximum atomic E-state index is 12.4. The SMILES string of the molecule is CCOC(=O)C1CCCN(C(=O)Nc2cc(C)ccc2C)C1. The van der Waals surface area contributed by atoms with Gasteiger partial charge in [-0.25, -0.2) is 4.79 Å². The van der Waals surface area contributed by atoms with E-state index in [4.69, 9.17) is 4.74 Å². The summed E-state index contributed by atoms with van der Waals surface area (Å²) in [5.74, 6) is -0.412. The van der Waals surface area contributed by atoms with Crippen LogP contribution in [-0.2, 0) is 9.53 Å². The molecule has 1 aliphatic heterocycles. The molecule has 1 atom stereocenters. The van der Waals surface area contributed by atoms with Gasteiger partial charge in [-0.3, -0.25) is 4.79 Å². The van der Waals surface area contributed by atoms with Crippen LogP contribution < -0.4 is 5.32 Å². The van der Waals surface area contributed by atoms with Crippen LogP contribution in [0.15, 0.2) is 18.2 Å². The van der Waals surface area contributed by atoms with Crippen molar-refractivity contribution in [3.8, 4) is 0 Å². The fourth-order valence-corrected chi connectivity index (χ4v) is 2.68. The molecule has 2 rings (SSSR count). The monoisotopic (exact) mass is 304 g/mol.